The molecule has 0 heterocycles. The Labute approximate surface area is 122 Å². The number of carbonyl (C=O) groups excluding carboxylic acids is 1. The summed E-state index contributed by atoms with van der Waals surface area (Å²) in [6.07, 6.45) is 3.37. The zero-order chi connectivity index (χ0) is 15.2. The Morgan fingerprint density at radius 2 is 1.90 bits per heavy atom. The summed E-state index contributed by atoms with van der Waals surface area (Å²) >= 11 is 0. The van der Waals surface area contributed by atoms with Crippen molar-refractivity contribution in [2.75, 3.05) is 13.7 Å². The maximum atomic E-state index is 11.7. The minimum Gasteiger partial charge on any atom is -0.383 e. The van der Waals surface area contributed by atoms with Gasteiger partial charge in [-0.1, -0.05) is 45.0 Å². The molecule has 110 valence electrons. The Morgan fingerprint density at radius 1 is 1.30 bits per heavy atom. The summed E-state index contributed by atoms with van der Waals surface area (Å²) < 4.78 is 4.97. The number of amides is 1. The van der Waals surface area contributed by atoms with Crippen molar-refractivity contribution in [2.24, 2.45) is 0 Å². The average molecular weight is 275 g/mol. The van der Waals surface area contributed by atoms with Gasteiger partial charge in [0.1, 0.15) is 0 Å². The molecule has 0 saturated heterocycles. The van der Waals surface area contributed by atoms with E-state index in [0.29, 0.717) is 6.61 Å². The van der Waals surface area contributed by atoms with Crippen molar-refractivity contribution < 1.29 is 9.53 Å². The van der Waals surface area contributed by atoms with Crippen molar-refractivity contribution in [3.8, 4) is 0 Å². The lowest BCUT2D eigenvalue weighted by Crippen LogP contribution is -2.34. The Kier molecular flexibility index (Phi) is 5.96. The van der Waals surface area contributed by atoms with E-state index in [1.54, 1.807) is 13.2 Å². The maximum absolute atomic E-state index is 11.7. The highest BCUT2D eigenvalue weighted by atomic mass is 16.5. The van der Waals surface area contributed by atoms with Gasteiger partial charge in [0.25, 0.3) is 0 Å². The lowest BCUT2D eigenvalue weighted by molar-refractivity contribution is -0.117. The quantitative estimate of drug-likeness (QED) is 0.838. The number of carbonyl (C=O) groups is 1. The molecule has 1 unspecified atom stereocenters. The maximum Gasteiger partial charge on any atom is 0.244 e. The summed E-state index contributed by atoms with van der Waals surface area (Å²) in [5.74, 6) is -0.102. The summed E-state index contributed by atoms with van der Waals surface area (Å²) in [5, 5.41) is 2.84. The van der Waals surface area contributed by atoms with Crippen molar-refractivity contribution in [3.05, 3.63) is 41.5 Å². The van der Waals surface area contributed by atoms with Crippen LogP contribution in [-0.4, -0.2) is 25.7 Å². The van der Waals surface area contributed by atoms with Crippen molar-refractivity contribution >= 4 is 12.0 Å². The topological polar surface area (TPSA) is 38.3 Å². The first-order valence-electron chi connectivity index (χ1n) is 6.91. The molecule has 0 spiro atoms. The minimum atomic E-state index is -0.102. The largest absolute Gasteiger partial charge is 0.383 e. The summed E-state index contributed by atoms with van der Waals surface area (Å²) in [7, 11) is 1.62. The van der Waals surface area contributed by atoms with E-state index in [2.05, 4.69) is 38.2 Å². The zero-order valence-corrected chi connectivity index (χ0v) is 13.1. The third-order valence-electron chi connectivity index (χ3n) is 3.01. The van der Waals surface area contributed by atoms with Crippen LogP contribution in [0.1, 0.15) is 38.8 Å². The summed E-state index contributed by atoms with van der Waals surface area (Å²) in [6.45, 7) is 8.97. The minimum absolute atomic E-state index is 0.0143. The molecular formula is C17H25NO2. The van der Waals surface area contributed by atoms with Crippen LogP contribution in [0.15, 0.2) is 30.3 Å². The van der Waals surface area contributed by atoms with E-state index in [1.807, 2.05) is 25.1 Å². The first kappa shape index (κ1) is 16.4. The molecule has 0 aromatic heterocycles. The van der Waals surface area contributed by atoms with Crippen LogP contribution in [0.25, 0.3) is 6.08 Å². The Balaban J connectivity index is 2.60. The van der Waals surface area contributed by atoms with Crippen LogP contribution >= 0.6 is 0 Å². The zero-order valence-electron chi connectivity index (χ0n) is 13.1. The molecule has 1 atom stereocenters. The molecule has 0 radical (unpaired) electrons. The number of methoxy groups -OCH3 is 1. The number of nitrogens with one attached hydrogen (secondary N) is 1. The molecule has 1 N–H and O–H groups in total. The molecule has 1 amide bonds. The fraction of sp³-hybridized carbons (Fsp3) is 0.471. The van der Waals surface area contributed by atoms with E-state index in [1.165, 1.54) is 5.56 Å². The highest BCUT2D eigenvalue weighted by molar-refractivity contribution is 5.91. The van der Waals surface area contributed by atoms with E-state index in [9.17, 15) is 4.79 Å². The molecule has 3 nitrogen and oxygen atoms in total. The van der Waals surface area contributed by atoms with Crippen molar-refractivity contribution in [1.29, 1.82) is 0 Å². The van der Waals surface area contributed by atoms with Crippen LogP contribution in [0.5, 0.6) is 0 Å². The molecule has 0 aliphatic rings. The second kappa shape index (κ2) is 7.25. The van der Waals surface area contributed by atoms with Crippen molar-refractivity contribution in [1.82, 2.24) is 5.32 Å². The van der Waals surface area contributed by atoms with Gasteiger partial charge in [-0.2, -0.15) is 0 Å². The van der Waals surface area contributed by atoms with Crippen molar-refractivity contribution in [2.45, 2.75) is 39.2 Å². The average Bonchev–Trinajstić information content (AvgIpc) is 2.36. The van der Waals surface area contributed by atoms with Gasteiger partial charge < -0.3 is 10.1 Å². The number of hydrogen-bond acceptors (Lipinski definition) is 2. The van der Waals surface area contributed by atoms with Gasteiger partial charge in [-0.3, -0.25) is 4.79 Å². The lowest BCUT2D eigenvalue weighted by Gasteiger charge is -2.18. The van der Waals surface area contributed by atoms with Crippen LogP contribution in [0.3, 0.4) is 0 Å². The van der Waals surface area contributed by atoms with E-state index in [0.717, 1.165) is 5.56 Å². The second-order valence-corrected chi connectivity index (χ2v) is 6.07. The SMILES string of the molecule is COCC(C)NC(=O)/C=C/c1ccc(C(C)(C)C)cc1. The lowest BCUT2D eigenvalue weighted by atomic mass is 9.87. The Bertz CT molecular complexity index is 455. The fourth-order valence-corrected chi connectivity index (χ4v) is 1.85. The van der Waals surface area contributed by atoms with Gasteiger partial charge in [-0.15, -0.1) is 0 Å². The summed E-state index contributed by atoms with van der Waals surface area (Å²) in [6, 6.07) is 8.28. The van der Waals surface area contributed by atoms with E-state index in [-0.39, 0.29) is 17.4 Å². The van der Waals surface area contributed by atoms with Crippen LogP contribution in [0.4, 0.5) is 0 Å². The first-order valence-corrected chi connectivity index (χ1v) is 6.91. The number of ether oxygens (including phenoxy) is 1. The van der Waals surface area contributed by atoms with Gasteiger partial charge in [-0.05, 0) is 29.5 Å². The number of rotatable bonds is 5. The monoisotopic (exact) mass is 275 g/mol. The third kappa shape index (κ3) is 5.57. The van der Waals surface area contributed by atoms with Crippen LogP contribution < -0.4 is 5.32 Å². The van der Waals surface area contributed by atoms with Gasteiger partial charge in [0.2, 0.25) is 5.91 Å². The highest BCUT2D eigenvalue weighted by Gasteiger charge is 2.12. The predicted molar refractivity (Wildman–Crippen MR) is 83.7 cm³/mol. The van der Waals surface area contributed by atoms with Gasteiger partial charge in [0, 0.05) is 19.2 Å². The van der Waals surface area contributed by atoms with Gasteiger partial charge in [0.05, 0.1) is 6.61 Å². The normalized spacial score (nSPS) is 13.4. The van der Waals surface area contributed by atoms with E-state index < -0.39 is 0 Å². The van der Waals surface area contributed by atoms with Crippen molar-refractivity contribution in [3.63, 3.8) is 0 Å². The molecule has 0 saturated carbocycles. The van der Waals surface area contributed by atoms with E-state index in [4.69, 9.17) is 4.74 Å². The fourth-order valence-electron chi connectivity index (χ4n) is 1.85. The first-order chi connectivity index (χ1) is 9.32. The molecule has 1 rings (SSSR count). The van der Waals surface area contributed by atoms with Crippen LogP contribution in [0, 0.1) is 0 Å². The van der Waals surface area contributed by atoms with Gasteiger partial charge >= 0.3 is 0 Å². The van der Waals surface area contributed by atoms with Gasteiger partial charge in [-0.25, -0.2) is 0 Å². The molecular weight excluding hydrogens is 250 g/mol. The van der Waals surface area contributed by atoms with Gasteiger partial charge in [0.15, 0.2) is 0 Å². The predicted octanol–water partition coefficient (Wildman–Crippen LogP) is 3.15. The Morgan fingerprint density at radius 3 is 2.40 bits per heavy atom. The molecule has 0 bridgehead atoms. The van der Waals surface area contributed by atoms with E-state index >= 15 is 0 Å². The number of benzene rings is 1. The molecule has 3 heteroatoms. The third-order valence-corrected chi connectivity index (χ3v) is 3.01. The molecule has 0 aliphatic heterocycles. The summed E-state index contributed by atoms with van der Waals surface area (Å²) in [5.41, 5.74) is 2.45. The number of hydrogen-bond donors (Lipinski definition) is 1. The molecule has 1 aromatic rings. The second-order valence-electron chi connectivity index (χ2n) is 6.07. The molecule has 0 fully saturated rings. The Hall–Kier alpha value is -1.61. The molecule has 0 aliphatic carbocycles. The molecule has 1 aromatic carbocycles. The van der Waals surface area contributed by atoms with Crippen LogP contribution in [-0.2, 0) is 14.9 Å². The standard InChI is InChI=1S/C17H25NO2/c1-13(12-20-5)18-16(19)11-8-14-6-9-15(10-7-14)17(2,3)4/h6-11,13H,12H2,1-5H3,(H,18,19)/b11-8+. The smallest absolute Gasteiger partial charge is 0.244 e. The molecule has 20 heavy (non-hydrogen) atoms. The highest BCUT2D eigenvalue weighted by Crippen LogP contribution is 2.22. The summed E-state index contributed by atoms with van der Waals surface area (Å²) in [4.78, 5) is 11.7. The van der Waals surface area contributed by atoms with Crippen LogP contribution in [0.2, 0.25) is 0 Å².